The van der Waals surface area contributed by atoms with Gasteiger partial charge in [-0.25, -0.2) is 4.79 Å². The number of alkyl carbamates (subject to hydrolysis) is 1. The summed E-state index contributed by atoms with van der Waals surface area (Å²) in [5.41, 5.74) is 4.62. The molecule has 0 saturated heterocycles. The second-order valence-electron chi connectivity index (χ2n) is 7.13. The van der Waals surface area contributed by atoms with Crippen LogP contribution in [0.2, 0.25) is 0 Å². The van der Waals surface area contributed by atoms with Gasteiger partial charge in [-0.3, -0.25) is 14.9 Å². The molecule has 1 aliphatic rings. The minimum atomic E-state index is -0.619. The van der Waals surface area contributed by atoms with Crippen LogP contribution < -0.4 is 5.32 Å². The fourth-order valence-corrected chi connectivity index (χ4v) is 3.78. The molecule has 0 atom stereocenters. The number of carbonyl (C=O) groups excluding carboxylic acids is 2. The average molecular weight is 426 g/mol. The lowest BCUT2D eigenvalue weighted by Gasteiger charge is -2.14. The molecule has 3 aromatic rings. The maximum Gasteiger partial charge on any atom is 0.407 e. The fourth-order valence-electron chi connectivity index (χ4n) is 3.78. The van der Waals surface area contributed by atoms with Gasteiger partial charge in [0.2, 0.25) is 0 Å². The van der Waals surface area contributed by atoms with Gasteiger partial charge in [0.1, 0.15) is 18.5 Å². The number of nitrogens with one attached hydrogen (secondary N) is 1. The largest absolute Gasteiger partial charge is 0.449 e. The lowest BCUT2D eigenvalue weighted by molar-refractivity contribution is -0.385. The van der Waals surface area contributed by atoms with Crippen molar-refractivity contribution in [3.05, 3.63) is 99.1 Å². The second-order valence-corrected chi connectivity index (χ2v) is 7.13. The highest BCUT2D eigenvalue weighted by Crippen LogP contribution is 2.44. The minimum absolute atomic E-state index is 0.0384. The molecule has 7 nitrogen and oxygen atoms in total. The first-order valence-corrected chi connectivity index (χ1v) is 9.90. The van der Waals surface area contributed by atoms with Gasteiger partial charge in [-0.1, -0.05) is 60.4 Å². The molecule has 32 heavy (non-hydrogen) atoms. The van der Waals surface area contributed by atoms with Crippen molar-refractivity contribution in [2.45, 2.75) is 5.92 Å². The van der Waals surface area contributed by atoms with Crippen LogP contribution in [0.1, 0.15) is 33.0 Å². The van der Waals surface area contributed by atoms with Crippen LogP contribution in [-0.2, 0) is 4.74 Å². The number of hydrogen-bond donors (Lipinski definition) is 1. The number of fused-ring (bicyclic) bond motifs is 3. The quantitative estimate of drug-likeness (QED) is 0.284. The van der Waals surface area contributed by atoms with Crippen molar-refractivity contribution in [3.63, 3.8) is 0 Å². The van der Waals surface area contributed by atoms with E-state index >= 15 is 0 Å². The van der Waals surface area contributed by atoms with Gasteiger partial charge in [-0.2, -0.15) is 0 Å². The Morgan fingerprint density at radius 3 is 2.34 bits per heavy atom. The van der Waals surface area contributed by atoms with Crippen LogP contribution in [0, 0.1) is 22.0 Å². The molecule has 7 heteroatoms. The number of benzene rings is 3. The second kappa shape index (κ2) is 9.14. The standard InChI is InChI=1S/C25H18N2O5/c28-15-17-11-12-18(24(14-17)27(30)31)6-5-13-26-25(29)32-16-23-21-9-3-1-7-19(21)20-8-2-4-10-22(20)23/h1-4,7-12,14-15,23H,13,16H2,(H,26,29). The first kappa shape index (κ1) is 20.8. The highest BCUT2D eigenvalue weighted by molar-refractivity contribution is 5.79. The Balaban J connectivity index is 1.37. The molecular formula is C25H18N2O5. The predicted octanol–water partition coefficient (Wildman–Crippen LogP) is 4.30. The molecule has 0 bridgehead atoms. The van der Waals surface area contributed by atoms with Crippen LogP contribution in [0.25, 0.3) is 11.1 Å². The van der Waals surface area contributed by atoms with E-state index in [9.17, 15) is 19.7 Å². The maximum absolute atomic E-state index is 12.1. The summed E-state index contributed by atoms with van der Waals surface area (Å²) in [6.07, 6.45) is -0.0879. The Labute approximate surface area is 184 Å². The van der Waals surface area contributed by atoms with Crippen molar-refractivity contribution in [3.8, 4) is 23.0 Å². The van der Waals surface area contributed by atoms with Crippen LogP contribution in [0.5, 0.6) is 0 Å². The fraction of sp³-hybridized carbons (Fsp3) is 0.120. The summed E-state index contributed by atoms with van der Waals surface area (Å²) in [7, 11) is 0. The molecule has 1 aliphatic carbocycles. The number of carbonyl (C=O) groups is 2. The third kappa shape index (κ3) is 4.20. The Morgan fingerprint density at radius 1 is 1.06 bits per heavy atom. The molecule has 0 aromatic heterocycles. The summed E-state index contributed by atoms with van der Waals surface area (Å²) in [5.74, 6) is 5.27. The minimum Gasteiger partial charge on any atom is -0.449 e. The van der Waals surface area contributed by atoms with Crippen molar-refractivity contribution in [1.82, 2.24) is 5.32 Å². The van der Waals surface area contributed by atoms with Gasteiger partial charge < -0.3 is 10.1 Å². The molecule has 0 unspecified atom stereocenters. The van der Waals surface area contributed by atoms with E-state index in [0.717, 1.165) is 28.3 Å². The lowest BCUT2D eigenvalue weighted by atomic mass is 9.98. The normalized spacial score (nSPS) is 11.5. The maximum atomic E-state index is 12.1. The molecule has 0 spiro atoms. The third-order valence-corrected chi connectivity index (χ3v) is 5.24. The average Bonchev–Trinajstić information content (AvgIpc) is 3.14. The summed E-state index contributed by atoms with van der Waals surface area (Å²) in [4.78, 5) is 33.5. The van der Waals surface area contributed by atoms with Crippen molar-refractivity contribution in [1.29, 1.82) is 0 Å². The summed E-state index contributed by atoms with van der Waals surface area (Å²) < 4.78 is 5.42. The van der Waals surface area contributed by atoms with Crippen LogP contribution in [0.15, 0.2) is 66.7 Å². The van der Waals surface area contributed by atoms with Gasteiger partial charge in [-0.15, -0.1) is 0 Å². The molecule has 158 valence electrons. The third-order valence-electron chi connectivity index (χ3n) is 5.24. The molecule has 0 saturated carbocycles. The summed E-state index contributed by atoms with van der Waals surface area (Å²) in [6, 6.07) is 20.1. The van der Waals surface area contributed by atoms with E-state index in [1.807, 2.05) is 36.4 Å². The number of nitro groups is 1. The topological polar surface area (TPSA) is 98.5 Å². The predicted molar refractivity (Wildman–Crippen MR) is 118 cm³/mol. The van der Waals surface area contributed by atoms with E-state index in [2.05, 4.69) is 29.3 Å². The van der Waals surface area contributed by atoms with E-state index in [-0.39, 0.29) is 35.9 Å². The molecular weight excluding hydrogens is 408 g/mol. The van der Waals surface area contributed by atoms with Gasteiger partial charge in [0, 0.05) is 17.5 Å². The molecule has 1 N–H and O–H groups in total. The molecule has 0 aliphatic heterocycles. The Hall–Kier alpha value is -4.44. The van der Waals surface area contributed by atoms with Crippen molar-refractivity contribution >= 4 is 18.1 Å². The molecule has 1 amide bonds. The van der Waals surface area contributed by atoms with E-state index in [4.69, 9.17) is 4.74 Å². The van der Waals surface area contributed by atoms with Crippen molar-refractivity contribution in [2.75, 3.05) is 13.2 Å². The number of amides is 1. The van der Waals surface area contributed by atoms with Crippen molar-refractivity contribution < 1.29 is 19.2 Å². The summed E-state index contributed by atoms with van der Waals surface area (Å²) in [5, 5.41) is 13.7. The number of nitro benzene ring substituents is 1. The van der Waals surface area contributed by atoms with Gasteiger partial charge in [0.25, 0.3) is 5.69 Å². The SMILES string of the molecule is O=Cc1ccc(C#CCNC(=O)OCC2c3ccccc3-c3ccccc32)c([N+](=O)[O-])c1. The zero-order valence-electron chi connectivity index (χ0n) is 16.9. The molecule has 0 radical (unpaired) electrons. The number of rotatable bonds is 5. The van der Waals surface area contributed by atoms with Crippen molar-refractivity contribution in [2.24, 2.45) is 0 Å². The summed E-state index contributed by atoms with van der Waals surface area (Å²) >= 11 is 0. The number of ether oxygens (including phenoxy) is 1. The van der Waals surface area contributed by atoms with E-state index in [1.165, 1.54) is 12.1 Å². The van der Waals surface area contributed by atoms with Crippen LogP contribution in [-0.4, -0.2) is 30.5 Å². The zero-order chi connectivity index (χ0) is 22.5. The smallest absolute Gasteiger partial charge is 0.407 e. The van der Waals surface area contributed by atoms with Crippen LogP contribution in [0.3, 0.4) is 0 Å². The first-order chi connectivity index (χ1) is 15.6. The molecule has 0 heterocycles. The monoisotopic (exact) mass is 426 g/mol. The Bertz CT molecular complexity index is 1230. The number of nitrogens with zero attached hydrogens (tertiary/aromatic N) is 1. The van der Waals surface area contributed by atoms with E-state index in [1.54, 1.807) is 0 Å². The number of hydrogen-bond acceptors (Lipinski definition) is 5. The molecule has 0 fully saturated rings. The van der Waals surface area contributed by atoms with Crippen LogP contribution in [0.4, 0.5) is 10.5 Å². The van der Waals surface area contributed by atoms with E-state index in [0.29, 0.717) is 6.29 Å². The number of aldehydes is 1. The first-order valence-electron chi connectivity index (χ1n) is 9.90. The van der Waals surface area contributed by atoms with Crippen LogP contribution >= 0.6 is 0 Å². The summed E-state index contributed by atoms with van der Waals surface area (Å²) in [6.45, 7) is 0.148. The highest BCUT2D eigenvalue weighted by atomic mass is 16.6. The Morgan fingerprint density at radius 2 is 1.72 bits per heavy atom. The highest BCUT2D eigenvalue weighted by Gasteiger charge is 2.28. The van der Waals surface area contributed by atoms with Gasteiger partial charge >= 0.3 is 6.09 Å². The molecule has 4 rings (SSSR count). The van der Waals surface area contributed by atoms with Gasteiger partial charge in [0.15, 0.2) is 0 Å². The van der Waals surface area contributed by atoms with Gasteiger partial charge in [-0.05, 0) is 34.4 Å². The van der Waals surface area contributed by atoms with Gasteiger partial charge in [0.05, 0.1) is 11.5 Å². The lowest BCUT2D eigenvalue weighted by Crippen LogP contribution is -2.26. The molecule has 3 aromatic carbocycles. The zero-order valence-corrected chi connectivity index (χ0v) is 16.9. The Kier molecular flexibility index (Phi) is 5.95. The van der Waals surface area contributed by atoms with E-state index < -0.39 is 11.0 Å².